The fourth-order valence-corrected chi connectivity index (χ4v) is 3.42. The number of piperidine rings is 1. The summed E-state index contributed by atoms with van der Waals surface area (Å²) in [5, 5.41) is 7.71. The lowest BCUT2D eigenvalue weighted by atomic mass is 9.93. The van der Waals surface area contributed by atoms with Crippen LogP contribution in [0.15, 0.2) is 12.3 Å². The van der Waals surface area contributed by atoms with Gasteiger partial charge in [-0.15, -0.1) is 0 Å². The summed E-state index contributed by atoms with van der Waals surface area (Å²) in [6.07, 6.45) is 5.45. The molecule has 3 rings (SSSR count). The van der Waals surface area contributed by atoms with Crippen LogP contribution in [-0.4, -0.2) is 58.7 Å². The number of hydrogen-bond acceptors (Lipinski definition) is 5. The molecule has 1 aliphatic rings. The van der Waals surface area contributed by atoms with Crippen LogP contribution in [0.1, 0.15) is 61.8 Å². The molecule has 0 bridgehead atoms. The molecule has 0 spiro atoms. The van der Waals surface area contributed by atoms with Gasteiger partial charge in [-0.05, 0) is 25.9 Å². The molecule has 1 N–H and O–H groups in total. The second kappa shape index (κ2) is 8.35. The van der Waals surface area contributed by atoms with Crippen LogP contribution in [0.4, 0.5) is 0 Å². The van der Waals surface area contributed by atoms with E-state index >= 15 is 0 Å². The van der Waals surface area contributed by atoms with Crippen molar-refractivity contribution in [1.82, 2.24) is 24.8 Å². The van der Waals surface area contributed by atoms with Gasteiger partial charge in [0.1, 0.15) is 0 Å². The Labute approximate surface area is 161 Å². The lowest BCUT2D eigenvalue weighted by molar-refractivity contribution is 0.0939. The van der Waals surface area contributed by atoms with E-state index in [9.17, 15) is 4.79 Å². The van der Waals surface area contributed by atoms with Crippen molar-refractivity contribution in [2.24, 2.45) is 0 Å². The van der Waals surface area contributed by atoms with Crippen LogP contribution in [0.5, 0.6) is 0 Å². The van der Waals surface area contributed by atoms with Crippen molar-refractivity contribution in [2.45, 2.75) is 52.1 Å². The highest BCUT2D eigenvalue weighted by molar-refractivity contribution is 5.95. The summed E-state index contributed by atoms with van der Waals surface area (Å²) in [6.45, 7) is 10.4. The lowest BCUT2D eigenvalue weighted by Crippen LogP contribution is -2.38. The zero-order valence-corrected chi connectivity index (χ0v) is 16.9. The zero-order chi connectivity index (χ0) is 19.4. The van der Waals surface area contributed by atoms with E-state index in [1.165, 1.54) is 19.3 Å². The highest BCUT2D eigenvalue weighted by Crippen LogP contribution is 2.23. The fraction of sp³-hybridized carbons (Fsp3) is 0.650. The molecule has 7 heteroatoms. The summed E-state index contributed by atoms with van der Waals surface area (Å²) < 4.78 is 7.08. The summed E-state index contributed by atoms with van der Waals surface area (Å²) in [7, 11) is 1.62. The fourth-order valence-electron chi connectivity index (χ4n) is 3.42. The van der Waals surface area contributed by atoms with E-state index in [1.807, 2.05) is 6.07 Å². The summed E-state index contributed by atoms with van der Waals surface area (Å²) in [5.41, 5.74) is 2.83. The Morgan fingerprint density at radius 1 is 1.26 bits per heavy atom. The first-order valence-corrected chi connectivity index (χ1v) is 9.78. The molecule has 1 fully saturated rings. The Kier molecular flexibility index (Phi) is 6.11. The molecule has 148 valence electrons. The van der Waals surface area contributed by atoms with E-state index in [-0.39, 0.29) is 11.3 Å². The van der Waals surface area contributed by atoms with Crippen molar-refractivity contribution < 1.29 is 9.53 Å². The van der Waals surface area contributed by atoms with Crippen LogP contribution in [0.3, 0.4) is 0 Å². The molecule has 0 aromatic carbocycles. The molecule has 2 aromatic rings. The van der Waals surface area contributed by atoms with Gasteiger partial charge in [-0.2, -0.15) is 5.10 Å². The SMILES string of the molecule is COCc1c(C(=O)NCCN2CCCCC2)cnc2cc(C(C)(C)C)nn12. The number of nitrogens with zero attached hydrogens (tertiary/aromatic N) is 4. The Bertz CT molecular complexity index is 788. The molecule has 0 aliphatic carbocycles. The molecule has 1 aliphatic heterocycles. The predicted molar refractivity (Wildman–Crippen MR) is 105 cm³/mol. The van der Waals surface area contributed by atoms with Gasteiger partial charge < -0.3 is 15.0 Å². The maximum absolute atomic E-state index is 12.8. The van der Waals surface area contributed by atoms with E-state index in [0.717, 1.165) is 36.7 Å². The topological polar surface area (TPSA) is 71.8 Å². The maximum atomic E-state index is 12.8. The standard InChI is InChI=1S/C20H31N5O2/c1-20(2,3)17-12-18-22-13-15(16(14-27-4)25(18)23-17)19(26)21-8-11-24-9-6-5-7-10-24/h12-13H,5-11,14H2,1-4H3,(H,21,26). The van der Waals surface area contributed by atoms with Crippen LogP contribution in [-0.2, 0) is 16.8 Å². The van der Waals surface area contributed by atoms with Gasteiger partial charge in [0.05, 0.1) is 23.6 Å². The Morgan fingerprint density at radius 3 is 2.67 bits per heavy atom. The van der Waals surface area contributed by atoms with Crippen molar-refractivity contribution in [3.8, 4) is 0 Å². The van der Waals surface area contributed by atoms with Gasteiger partial charge in [0.15, 0.2) is 5.65 Å². The average molecular weight is 374 g/mol. The lowest BCUT2D eigenvalue weighted by Gasteiger charge is -2.26. The van der Waals surface area contributed by atoms with Crippen molar-refractivity contribution in [3.63, 3.8) is 0 Å². The number of fused-ring (bicyclic) bond motifs is 1. The van der Waals surface area contributed by atoms with Gasteiger partial charge in [0, 0.05) is 37.9 Å². The Balaban J connectivity index is 1.77. The minimum Gasteiger partial charge on any atom is -0.378 e. The van der Waals surface area contributed by atoms with Gasteiger partial charge >= 0.3 is 0 Å². The van der Waals surface area contributed by atoms with E-state index in [2.05, 4.69) is 41.1 Å². The minimum atomic E-state index is -0.124. The van der Waals surface area contributed by atoms with Crippen molar-refractivity contribution in [1.29, 1.82) is 0 Å². The summed E-state index contributed by atoms with van der Waals surface area (Å²) in [6, 6.07) is 1.97. The average Bonchev–Trinajstić information content (AvgIpc) is 3.08. The largest absolute Gasteiger partial charge is 0.378 e. The molecule has 1 amide bonds. The van der Waals surface area contributed by atoms with Crippen LogP contribution in [0.2, 0.25) is 0 Å². The van der Waals surface area contributed by atoms with E-state index in [0.29, 0.717) is 18.7 Å². The van der Waals surface area contributed by atoms with Crippen LogP contribution >= 0.6 is 0 Å². The van der Waals surface area contributed by atoms with E-state index in [1.54, 1.807) is 17.8 Å². The number of amides is 1. The summed E-state index contributed by atoms with van der Waals surface area (Å²) in [4.78, 5) is 19.6. The van der Waals surface area contributed by atoms with Crippen molar-refractivity contribution in [3.05, 3.63) is 29.2 Å². The first-order valence-electron chi connectivity index (χ1n) is 9.78. The molecule has 2 aromatic heterocycles. The number of carbonyl (C=O) groups is 1. The molecular weight excluding hydrogens is 342 g/mol. The van der Waals surface area contributed by atoms with Crippen molar-refractivity contribution >= 4 is 11.6 Å². The van der Waals surface area contributed by atoms with Gasteiger partial charge in [-0.25, -0.2) is 9.50 Å². The van der Waals surface area contributed by atoms with Gasteiger partial charge in [-0.1, -0.05) is 27.2 Å². The number of rotatable bonds is 6. The summed E-state index contributed by atoms with van der Waals surface area (Å²) >= 11 is 0. The van der Waals surface area contributed by atoms with E-state index in [4.69, 9.17) is 4.74 Å². The van der Waals surface area contributed by atoms with Gasteiger partial charge in [0.2, 0.25) is 0 Å². The monoisotopic (exact) mass is 373 g/mol. The predicted octanol–water partition coefficient (Wildman–Crippen LogP) is 2.39. The normalized spacial score (nSPS) is 16.0. The Hall–Kier alpha value is -1.99. The molecule has 3 heterocycles. The van der Waals surface area contributed by atoms with Crippen LogP contribution in [0.25, 0.3) is 5.65 Å². The van der Waals surface area contributed by atoms with Crippen LogP contribution in [0, 0.1) is 0 Å². The number of methoxy groups -OCH3 is 1. The Morgan fingerprint density at radius 2 is 2.00 bits per heavy atom. The second-order valence-electron chi connectivity index (χ2n) is 8.26. The molecular formula is C20H31N5O2. The number of ether oxygens (including phenoxy) is 1. The minimum absolute atomic E-state index is 0.0884. The molecule has 0 saturated carbocycles. The molecule has 0 unspecified atom stereocenters. The highest BCUT2D eigenvalue weighted by Gasteiger charge is 2.22. The van der Waals surface area contributed by atoms with Crippen molar-refractivity contribution in [2.75, 3.05) is 33.3 Å². The number of hydrogen-bond donors (Lipinski definition) is 1. The van der Waals surface area contributed by atoms with Gasteiger partial charge in [-0.3, -0.25) is 4.79 Å². The number of likely N-dealkylation sites (tertiary alicyclic amines) is 1. The molecule has 27 heavy (non-hydrogen) atoms. The number of nitrogens with one attached hydrogen (secondary N) is 1. The summed E-state index contributed by atoms with van der Waals surface area (Å²) in [5.74, 6) is -0.124. The first kappa shape index (κ1) is 19.8. The second-order valence-corrected chi connectivity index (χ2v) is 8.26. The third kappa shape index (κ3) is 4.65. The first-order chi connectivity index (χ1) is 12.9. The highest BCUT2D eigenvalue weighted by atomic mass is 16.5. The molecule has 7 nitrogen and oxygen atoms in total. The van der Waals surface area contributed by atoms with E-state index < -0.39 is 0 Å². The molecule has 0 atom stereocenters. The zero-order valence-electron chi connectivity index (χ0n) is 16.9. The number of aromatic nitrogens is 3. The third-order valence-corrected chi connectivity index (χ3v) is 5.04. The smallest absolute Gasteiger partial charge is 0.254 e. The molecule has 1 saturated heterocycles. The third-order valence-electron chi connectivity index (χ3n) is 5.04. The van der Waals surface area contributed by atoms with Gasteiger partial charge in [0.25, 0.3) is 5.91 Å². The maximum Gasteiger partial charge on any atom is 0.254 e. The molecule has 0 radical (unpaired) electrons. The van der Waals surface area contributed by atoms with Crippen LogP contribution < -0.4 is 5.32 Å². The quantitative estimate of drug-likeness (QED) is 0.842. The number of carbonyl (C=O) groups excluding carboxylic acids is 1.